The third-order valence-electron chi connectivity index (χ3n) is 3.18. The molecule has 3 nitrogen and oxygen atoms in total. The molecule has 0 aliphatic carbocycles. The molecule has 2 aliphatic rings. The average Bonchev–Trinajstić information content (AvgIpc) is 2.44. The average molecular weight is 168 g/mol. The largest absolute Gasteiger partial charge is 0.312 e. The Labute approximate surface area is 73.1 Å². The van der Waals surface area contributed by atoms with Crippen LogP contribution in [0.3, 0.4) is 0 Å². The summed E-state index contributed by atoms with van der Waals surface area (Å²) in [5.41, 5.74) is 0. The number of nitrogens with one attached hydrogen (secondary N) is 1. The summed E-state index contributed by atoms with van der Waals surface area (Å²) in [4.78, 5) is 13.5. The number of hydrogen-bond donors (Lipinski definition) is 1. The summed E-state index contributed by atoms with van der Waals surface area (Å²) in [5, 5.41) is 3.44. The van der Waals surface area contributed by atoms with E-state index in [9.17, 15) is 4.79 Å². The summed E-state index contributed by atoms with van der Waals surface area (Å²) in [6.07, 6.45) is 1.17. The second-order valence-corrected chi connectivity index (χ2v) is 4.01. The first-order valence-corrected chi connectivity index (χ1v) is 4.64. The van der Waals surface area contributed by atoms with E-state index in [1.807, 2.05) is 7.05 Å². The number of carbonyl (C=O) groups is 1. The maximum absolute atomic E-state index is 11.3. The van der Waals surface area contributed by atoms with Gasteiger partial charge >= 0.3 is 0 Å². The van der Waals surface area contributed by atoms with E-state index >= 15 is 0 Å². The molecule has 0 amide bonds. The summed E-state index contributed by atoms with van der Waals surface area (Å²) in [6.45, 7) is 3.84. The lowest BCUT2D eigenvalue weighted by molar-refractivity contribution is -0.121. The van der Waals surface area contributed by atoms with Crippen molar-refractivity contribution in [1.82, 2.24) is 10.2 Å². The Morgan fingerprint density at radius 2 is 2.33 bits per heavy atom. The number of likely N-dealkylation sites (tertiary alicyclic amines) is 1. The molecule has 2 aliphatic heterocycles. The van der Waals surface area contributed by atoms with Gasteiger partial charge in [0.1, 0.15) is 5.78 Å². The zero-order valence-electron chi connectivity index (χ0n) is 7.71. The summed E-state index contributed by atoms with van der Waals surface area (Å²) in [7, 11) is 2.05. The van der Waals surface area contributed by atoms with Crippen molar-refractivity contribution in [2.45, 2.75) is 25.4 Å². The zero-order chi connectivity index (χ0) is 8.72. The van der Waals surface area contributed by atoms with Crippen LogP contribution in [-0.4, -0.2) is 42.9 Å². The van der Waals surface area contributed by atoms with Crippen molar-refractivity contribution >= 4 is 5.78 Å². The van der Waals surface area contributed by atoms with Gasteiger partial charge in [0.05, 0.1) is 6.04 Å². The van der Waals surface area contributed by atoms with Crippen molar-refractivity contribution in [2.75, 3.05) is 20.1 Å². The van der Waals surface area contributed by atoms with Crippen LogP contribution in [0.15, 0.2) is 0 Å². The van der Waals surface area contributed by atoms with E-state index in [-0.39, 0.29) is 6.04 Å². The fraction of sp³-hybridized carbons (Fsp3) is 0.889. The minimum absolute atomic E-state index is 0.185. The molecule has 0 aromatic carbocycles. The topological polar surface area (TPSA) is 32.3 Å². The van der Waals surface area contributed by atoms with Gasteiger partial charge in [0.2, 0.25) is 0 Å². The highest BCUT2D eigenvalue weighted by Gasteiger charge is 2.44. The number of hydrogen-bond acceptors (Lipinski definition) is 3. The minimum atomic E-state index is 0.185. The van der Waals surface area contributed by atoms with E-state index in [2.05, 4.69) is 10.2 Å². The SMILES string of the molecule is CC(=O)C1C2CCNC2CN1C. The van der Waals surface area contributed by atoms with Gasteiger partial charge in [-0.2, -0.15) is 0 Å². The van der Waals surface area contributed by atoms with Gasteiger partial charge in [0.25, 0.3) is 0 Å². The Hall–Kier alpha value is -0.410. The van der Waals surface area contributed by atoms with Crippen LogP contribution in [0, 0.1) is 5.92 Å². The lowest BCUT2D eigenvalue weighted by Gasteiger charge is -2.20. The molecule has 68 valence electrons. The van der Waals surface area contributed by atoms with Crippen molar-refractivity contribution in [1.29, 1.82) is 0 Å². The second-order valence-electron chi connectivity index (χ2n) is 4.01. The molecule has 12 heavy (non-hydrogen) atoms. The highest BCUT2D eigenvalue weighted by Crippen LogP contribution is 2.30. The highest BCUT2D eigenvalue weighted by molar-refractivity contribution is 5.82. The molecule has 2 rings (SSSR count). The first-order chi connectivity index (χ1) is 5.70. The third-order valence-corrected chi connectivity index (χ3v) is 3.18. The van der Waals surface area contributed by atoms with Crippen LogP contribution in [0.25, 0.3) is 0 Å². The molecule has 3 heteroatoms. The number of Topliss-reactive ketones (excluding diaryl/α,β-unsaturated/α-hetero) is 1. The summed E-state index contributed by atoms with van der Waals surface area (Å²) in [6, 6.07) is 0.758. The Balaban J connectivity index is 2.15. The van der Waals surface area contributed by atoms with Crippen LogP contribution in [0.4, 0.5) is 0 Å². The first kappa shape index (κ1) is 8.20. The third kappa shape index (κ3) is 1.08. The number of ketones is 1. The first-order valence-electron chi connectivity index (χ1n) is 4.64. The van der Waals surface area contributed by atoms with Crippen LogP contribution in [0.2, 0.25) is 0 Å². The standard InChI is InChI=1S/C9H16N2O/c1-6(12)9-7-3-4-10-8(7)5-11(9)2/h7-10H,3-5H2,1-2H3. The van der Waals surface area contributed by atoms with Gasteiger partial charge < -0.3 is 5.32 Å². The fourth-order valence-electron chi connectivity index (χ4n) is 2.73. The zero-order valence-corrected chi connectivity index (χ0v) is 7.71. The number of fused-ring (bicyclic) bond motifs is 1. The van der Waals surface area contributed by atoms with E-state index in [0.717, 1.165) is 13.1 Å². The van der Waals surface area contributed by atoms with Gasteiger partial charge in [-0.15, -0.1) is 0 Å². The molecule has 2 saturated heterocycles. The van der Waals surface area contributed by atoms with Crippen molar-refractivity contribution in [3.05, 3.63) is 0 Å². The van der Waals surface area contributed by atoms with Gasteiger partial charge in [-0.1, -0.05) is 0 Å². The maximum atomic E-state index is 11.3. The van der Waals surface area contributed by atoms with E-state index in [0.29, 0.717) is 17.7 Å². The minimum Gasteiger partial charge on any atom is -0.312 e. The molecule has 0 spiro atoms. The smallest absolute Gasteiger partial charge is 0.147 e. The van der Waals surface area contributed by atoms with Crippen LogP contribution in [0.5, 0.6) is 0 Å². The lowest BCUT2D eigenvalue weighted by Crippen LogP contribution is -2.35. The second kappa shape index (κ2) is 2.82. The number of carbonyl (C=O) groups excluding carboxylic acids is 1. The van der Waals surface area contributed by atoms with E-state index in [4.69, 9.17) is 0 Å². The Bertz CT molecular complexity index is 205. The Morgan fingerprint density at radius 3 is 3.00 bits per heavy atom. The molecule has 3 unspecified atom stereocenters. The highest BCUT2D eigenvalue weighted by atomic mass is 16.1. The van der Waals surface area contributed by atoms with Crippen molar-refractivity contribution in [3.8, 4) is 0 Å². The molecule has 0 radical (unpaired) electrons. The lowest BCUT2D eigenvalue weighted by atomic mass is 9.94. The fourth-order valence-corrected chi connectivity index (χ4v) is 2.73. The molecule has 0 saturated carbocycles. The Kier molecular flexibility index (Phi) is 1.93. The molecule has 0 aromatic rings. The molecule has 3 atom stereocenters. The number of likely N-dealkylation sites (N-methyl/N-ethyl adjacent to an activating group) is 1. The number of rotatable bonds is 1. The predicted molar refractivity (Wildman–Crippen MR) is 47.0 cm³/mol. The molecule has 1 N–H and O–H groups in total. The molecule has 2 heterocycles. The van der Waals surface area contributed by atoms with E-state index in [1.165, 1.54) is 6.42 Å². The summed E-state index contributed by atoms with van der Waals surface area (Å²) in [5.74, 6) is 0.904. The predicted octanol–water partition coefficient (Wildman–Crippen LogP) is -0.132. The normalized spacial score (nSPS) is 41.7. The van der Waals surface area contributed by atoms with Gasteiger partial charge in [-0.05, 0) is 32.9 Å². The van der Waals surface area contributed by atoms with Crippen LogP contribution in [-0.2, 0) is 4.79 Å². The van der Waals surface area contributed by atoms with Gasteiger partial charge in [-0.25, -0.2) is 0 Å². The maximum Gasteiger partial charge on any atom is 0.147 e. The van der Waals surface area contributed by atoms with Crippen molar-refractivity contribution in [2.24, 2.45) is 5.92 Å². The molecule has 2 fully saturated rings. The van der Waals surface area contributed by atoms with Gasteiger partial charge in [-0.3, -0.25) is 9.69 Å². The molecular weight excluding hydrogens is 152 g/mol. The summed E-state index contributed by atoms with van der Waals surface area (Å²) >= 11 is 0. The van der Waals surface area contributed by atoms with Crippen molar-refractivity contribution < 1.29 is 4.79 Å². The number of nitrogens with zero attached hydrogens (tertiary/aromatic N) is 1. The van der Waals surface area contributed by atoms with Crippen LogP contribution in [0.1, 0.15) is 13.3 Å². The van der Waals surface area contributed by atoms with E-state index < -0.39 is 0 Å². The monoisotopic (exact) mass is 168 g/mol. The Morgan fingerprint density at radius 1 is 1.58 bits per heavy atom. The molecule has 0 aromatic heterocycles. The van der Waals surface area contributed by atoms with Gasteiger partial charge in [0, 0.05) is 12.6 Å². The van der Waals surface area contributed by atoms with E-state index in [1.54, 1.807) is 6.92 Å². The van der Waals surface area contributed by atoms with Gasteiger partial charge in [0.15, 0.2) is 0 Å². The molecular formula is C9H16N2O. The summed E-state index contributed by atoms with van der Waals surface area (Å²) < 4.78 is 0. The quantitative estimate of drug-likeness (QED) is 0.592. The van der Waals surface area contributed by atoms with Crippen LogP contribution >= 0.6 is 0 Å². The van der Waals surface area contributed by atoms with Crippen LogP contribution < -0.4 is 5.32 Å². The van der Waals surface area contributed by atoms with Crippen molar-refractivity contribution in [3.63, 3.8) is 0 Å². The molecule has 0 bridgehead atoms.